The van der Waals surface area contributed by atoms with Gasteiger partial charge in [-0.25, -0.2) is 4.68 Å². The third-order valence-corrected chi connectivity index (χ3v) is 4.04. The van der Waals surface area contributed by atoms with Crippen molar-refractivity contribution in [1.29, 1.82) is 0 Å². The molecule has 3 rings (SSSR count). The van der Waals surface area contributed by atoms with E-state index in [1.165, 1.54) is 11.3 Å². The Morgan fingerprint density at radius 3 is 2.35 bits per heavy atom. The van der Waals surface area contributed by atoms with E-state index < -0.39 is 0 Å². The fraction of sp³-hybridized carbons (Fsp3) is 0.364. The molecule has 0 spiro atoms. The molecule has 0 radical (unpaired) electrons. The summed E-state index contributed by atoms with van der Waals surface area (Å²) in [5.41, 5.74) is 6.59. The molecular formula is C22H32N4. The Morgan fingerprint density at radius 1 is 1.08 bits per heavy atom. The molecule has 0 unspecified atom stereocenters. The van der Waals surface area contributed by atoms with Gasteiger partial charge in [0.15, 0.2) is 0 Å². The summed E-state index contributed by atoms with van der Waals surface area (Å²) in [5, 5.41) is 8.67. The van der Waals surface area contributed by atoms with Crippen LogP contribution >= 0.6 is 0 Å². The van der Waals surface area contributed by atoms with Gasteiger partial charge in [0, 0.05) is 37.5 Å². The van der Waals surface area contributed by atoms with Crippen molar-refractivity contribution in [3.05, 3.63) is 60.3 Å². The Labute approximate surface area is 158 Å². The lowest BCUT2D eigenvalue weighted by atomic mass is 9.94. The zero-order valence-electron chi connectivity index (χ0n) is 17.2. The number of nitrogens with zero attached hydrogens (tertiary/aromatic N) is 4. The molecule has 0 amide bonds. The number of para-hydroxylation sites is 1. The van der Waals surface area contributed by atoms with Gasteiger partial charge in [0.25, 0.3) is 0 Å². The smallest absolute Gasteiger partial charge is 0.121 e. The van der Waals surface area contributed by atoms with Crippen molar-refractivity contribution in [3.63, 3.8) is 0 Å². The van der Waals surface area contributed by atoms with Crippen LogP contribution in [0.5, 0.6) is 0 Å². The Hall–Kier alpha value is -2.62. The Morgan fingerprint density at radius 2 is 1.73 bits per heavy atom. The summed E-state index contributed by atoms with van der Waals surface area (Å²) in [5.74, 6) is 0. The number of benzene rings is 1. The summed E-state index contributed by atoms with van der Waals surface area (Å²) in [6.45, 7) is 14.7. The summed E-state index contributed by atoms with van der Waals surface area (Å²) < 4.78 is 1.84. The first kappa shape index (κ1) is 21.4. The second-order valence-corrected chi connectivity index (χ2v) is 5.41. The molecule has 140 valence electrons. The Kier molecular flexibility index (Phi) is 8.56. The minimum atomic E-state index is 0.823. The van der Waals surface area contributed by atoms with Crippen LogP contribution in [0.25, 0.3) is 16.8 Å². The van der Waals surface area contributed by atoms with E-state index in [0.29, 0.717) is 0 Å². The first-order valence-electron chi connectivity index (χ1n) is 9.36. The van der Waals surface area contributed by atoms with Crippen molar-refractivity contribution < 1.29 is 0 Å². The van der Waals surface area contributed by atoms with E-state index in [-0.39, 0.29) is 0 Å². The Balaban J connectivity index is 0.000000791. The number of hydrogen-bond acceptors (Lipinski definition) is 3. The van der Waals surface area contributed by atoms with Crippen LogP contribution in [-0.4, -0.2) is 28.6 Å². The average molecular weight is 353 g/mol. The second-order valence-electron chi connectivity index (χ2n) is 5.41. The molecule has 0 saturated carbocycles. The van der Waals surface area contributed by atoms with Crippen LogP contribution in [0, 0.1) is 0 Å². The SMILES string of the molecule is C=C/C=C1\C(=C/C)CN(C)c2ccccc2-c2c1nnn2C.CC.CC. The minimum Gasteiger partial charge on any atom is -0.370 e. The fourth-order valence-corrected chi connectivity index (χ4v) is 2.98. The maximum atomic E-state index is 4.42. The lowest BCUT2D eigenvalue weighted by Gasteiger charge is -2.27. The molecule has 1 aliphatic heterocycles. The summed E-state index contributed by atoms with van der Waals surface area (Å²) in [6, 6.07) is 8.39. The highest BCUT2D eigenvalue weighted by atomic mass is 15.4. The van der Waals surface area contributed by atoms with E-state index in [9.17, 15) is 0 Å². The number of aryl methyl sites for hydroxylation is 1. The molecule has 4 nitrogen and oxygen atoms in total. The number of fused-ring (bicyclic) bond motifs is 3. The molecule has 4 heteroatoms. The zero-order valence-corrected chi connectivity index (χ0v) is 17.2. The molecule has 1 aromatic carbocycles. The van der Waals surface area contributed by atoms with Gasteiger partial charge in [0.1, 0.15) is 5.69 Å². The lowest BCUT2D eigenvalue weighted by Crippen LogP contribution is -2.23. The largest absolute Gasteiger partial charge is 0.370 e. The first-order chi connectivity index (χ1) is 12.7. The molecule has 2 heterocycles. The van der Waals surface area contributed by atoms with Crippen LogP contribution in [0.3, 0.4) is 0 Å². The van der Waals surface area contributed by atoms with Crippen LogP contribution in [0.1, 0.15) is 40.3 Å². The van der Waals surface area contributed by atoms with Crippen LogP contribution < -0.4 is 4.90 Å². The Bertz CT molecular complexity index is 781. The van der Waals surface area contributed by atoms with Gasteiger partial charge in [-0.1, -0.05) is 75.9 Å². The quantitative estimate of drug-likeness (QED) is 0.679. The van der Waals surface area contributed by atoms with Crippen LogP contribution in [0.15, 0.2) is 54.6 Å². The van der Waals surface area contributed by atoms with Crippen LogP contribution in [0.2, 0.25) is 0 Å². The lowest BCUT2D eigenvalue weighted by molar-refractivity contribution is 0.720. The van der Waals surface area contributed by atoms with Gasteiger partial charge in [-0.05, 0) is 18.6 Å². The molecule has 26 heavy (non-hydrogen) atoms. The maximum Gasteiger partial charge on any atom is 0.121 e. The number of anilines is 1. The third kappa shape index (κ3) is 4.13. The highest BCUT2D eigenvalue weighted by Crippen LogP contribution is 2.39. The van der Waals surface area contributed by atoms with Gasteiger partial charge in [0.2, 0.25) is 0 Å². The number of aromatic nitrogens is 3. The molecule has 0 saturated heterocycles. The molecule has 1 aliphatic rings. The molecule has 2 aromatic rings. The van der Waals surface area contributed by atoms with Gasteiger partial charge < -0.3 is 4.90 Å². The van der Waals surface area contributed by atoms with Gasteiger partial charge >= 0.3 is 0 Å². The zero-order chi connectivity index (χ0) is 19.7. The molecule has 0 N–H and O–H groups in total. The van der Waals surface area contributed by atoms with Crippen LogP contribution in [0.4, 0.5) is 5.69 Å². The number of rotatable bonds is 1. The fourth-order valence-electron chi connectivity index (χ4n) is 2.98. The van der Waals surface area contributed by atoms with E-state index in [1.807, 2.05) is 51.6 Å². The van der Waals surface area contributed by atoms with E-state index in [2.05, 4.69) is 66.1 Å². The van der Waals surface area contributed by atoms with E-state index in [1.54, 1.807) is 0 Å². The number of likely N-dealkylation sites (N-methyl/N-ethyl adjacent to an activating group) is 1. The maximum absolute atomic E-state index is 4.42. The van der Waals surface area contributed by atoms with Gasteiger partial charge in [-0.2, -0.15) is 0 Å². The average Bonchev–Trinajstić information content (AvgIpc) is 3.07. The number of hydrogen-bond donors (Lipinski definition) is 0. The molecule has 0 aliphatic carbocycles. The van der Waals surface area contributed by atoms with E-state index >= 15 is 0 Å². The van der Waals surface area contributed by atoms with Gasteiger partial charge in [0.05, 0.1) is 5.69 Å². The van der Waals surface area contributed by atoms with Crippen LogP contribution in [-0.2, 0) is 7.05 Å². The van der Waals surface area contributed by atoms with Crippen molar-refractivity contribution in [2.75, 3.05) is 18.5 Å². The monoisotopic (exact) mass is 352 g/mol. The minimum absolute atomic E-state index is 0.823. The first-order valence-corrected chi connectivity index (χ1v) is 9.36. The summed E-state index contributed by atoms with van der Waals surface area (Å²) in [4.78, 5) is 2.26. The van der Waals surface area contributed by atoms with E-state index in [4.69, 9.17) is 0 Å². The van der Waals surface area contributed by atoms with Crippen molar-refractivity contribution in [2.45, 2.75) is 34.6 Å². The third-order valence-electron chi connectivity index (χ3n) is 4.04. The molecular weight excluding hydrogens is 320 g/mol. The van der Waals surface area contributed by atoms with Crippen molar-refractivity contribution in [2.24, 2.45) is 7.05 Å². The predicted octanol–water partition coefficient (Wildman–Crippen LogP) is 5.50. The van der Waals surface area contributed by atoms with Crippen molar-refractivity contribution >= 4 is 11.3 Å². The molecule has 0 fully saturated rings. The number of allylic oxidation sites excluding steroid dienone is 3. The van der Waals surface area contributed by atoms with Gasteiger partial charge in [-0.15, -0.1) is 5.10 Å². The normalized spacial score (nSPS) is 15.6. The highest BCUT2D eigenvalue weighted by Gasteiger charge is 2.25. The summed E-state index contributed by atoms with van der Waals surface area (Å²) >= 11 is 0. The molecule has 1 aromatic heterocycles. The standard InChI is InChI=1S/C18H20N4.2C2H6/c1-5-9-14-13(6-2)12-21(3)16-11-8-7-10-15(16)18-17(14)19-20-22(18)4;2*1-2/h5-11H,1,12H2,2-4H3;2*1-2H3/b13-6-,14-9+;;. The molecule has 0 atom stereocenters. The second kappa shape index (κ2) is 10.4. The van der Waals surface area contributed by atoms with Crippen molar-refractivity contribution in [1.82, 2.24) is 15.0 Å². The van der Waals surface area contributed by atoms with E-state index in [0.717, 1.165) is 29.1 Å². The molecule has 0 bridgehead atoms. The topological polar surface area (TPSA) is 34.0 Å². The highest BCUT2D eigenvalue weighted by molar-refractivity contribution is 5.91. The van der Waals surface area contributed by atoms with Crippen molar-refractivity contribution in [3.8, 4) is 11.3 Å². The summed E-state index contributed by atoms with van der Waals surface area (Å²) in [7, 11) is 4.05. The van der Waals surface area contributed by atoms with Gasteiger partial charge in [-0.3, -0.25) is 0 Å². The summed E-state index contributed by atoms with van der Waals surface area (Å²) in [6.07, 6.45) is 5.97. The predicted molar refractivity (Wildman–Crippen MR) is 114 cm³/mol.